The molecule has 2 aromatic heterocycles. The maximum atomic E-state index is 13.9. The Morgan fingerprint density at radius 3 is 2.31 bits per heavy atom. The lowest BCUT2D eigenvalue weighted by Gasteiger charge is -2.46. The maximum absolute atomic E-state index is 13.9. The number of hydrogen-bond donors (Lipinski definition) is 3. The van der Waals surface area contributed by atoms with Gasteiger partial charge in [-0.05, 0) is 98.6 Å². The molecule has 4 amide bonds. The normalized spacial score (nSPS) is 20.0. The van der Waals surface area contributed by atoms with Crippen LogP contribution in [0.2, 0.25) is 0 Å². The molecule has 5 aliphatic rings. The first-order valence-electron chi connectivity index (χ1n) is 24.6. The van der Waals surface area contributed by atoms with Crippen molar-refractivity contribution in [1.29, 1.82) is 0 Å². The standard InChI is InChI=1S/C52H61BrN11O6P/c1-7-31-25-37(57-51-55-27-35(53)47(59-51)56-38-28-54-36-12-9-8-11-34(36)46(38)71(5,6)69)43(70-4)26-42(31)61-19-17-33(18-20-61)60-21-23-62(24-22-60)49(67)32-29-63(30-32)39-13-10-14-40-45(39)52(2,3)50(68)64(40)41-15-16-44(65)58-48(41)66/h8-14,25-28,32-33,41H,7,15-24,29-30H2,1-6H3,(H,58,65,66)(H2,55,56,57,59). The number of halogens is 1. The highest BCUT2D eigenvalue weighted by Gasteiger charge is 2.51. The zero-order valence-corrected chi connectivity index (χ0v) is 43.6. The number of ether oxygens (including phenoxy) is 1. The van der Waals surface area contributed by atoms with Gasteiger partial charge in [0.25, 0.3) is 0 Å². The number of carbonyl (C=O) groups excluding carboxylic acids is 4. The Hall–Kier alpha value is -6.10. The van der Waals surface area contributed by atoms with E-state index < -0.39 is 24.5 Å². The van der Waals surface area contributed by atoms with E-state index in [9.17, 15) is 23.7 Å². The van der Waals surface area contributed by atoms with Crippen LogP contribution in [0.3, 0.4) is 0 Å². The van der Waals surface area contributed by atoms with Crippen molar-refractivity contribution in [2.75, 3.05) is 98.1 Å². The van der Waals surface area contributed by atoms with Crippen molar-refractivity contribution in [3.8, 4) is 5.75 Å². The number of anilines is 7. The summed E-state index contributed by atoms with van der Waals surface area (Å²) < 4.78 is 20.2. The van der Waals surface area contributed by atoms with E-state index in [1.807, 2.05) is 61.2 Å². The highest BCUT2D eigenvalue weighted by atomic mass is 79.9. The van der Waals surface area contributed by atoms with Gasteiger partial charge in [0.15, 0.2) is 0 Å². The van der Waals surface area contributed by atoms with E-state index in [2.05, 4.69) is 75.6 Å². The Morgan fingerprint density at radius 2 is 1.61 bits per heavy atom. The van der Waals surface area contributed by atoms with Crippen molar-refractivity contribution in [2.24, 2.45) is 5.92 Å². The predicted molar refractivity (Wildman–Crippen MR) is 282 cm³/mol. The molecule has 17 nitrogen and oxygen atoms in total. The summed E-state index contributed by atoms with van der Waals surface area (Å²) in [5.41, 5.74) is 6.11. The van der Waals surface area contributed by atoms with Gasteiger partial charge in [-0.2, -0.15) is 4.98 Å². The van der Waals surface area contributed by atoms with Crippen molar-refractivity contribution < 1.29 is 28.5 Å². The fourth-order valence-electron chi connectivity index (χ4n) is 11.3. The number of carbonyl (C=O) groups is 4. The average molecular weight is 1050 g/mol. The van der Waals surface area contributed by atoms with Crippen LogP contribution in [0.5, 0.6) is 5.75 Å². The molecule has 372 valence electrons. The Kier molecular flexibility index (Phi) is 13.1. The fourth-order valence-corrected chi connectivity index (χ4v) is 13.0. The number of benzene rings is 3. The van der Waals surface area contributed by atoms with Crippen molar-refractivity contribution >= 4 is 103 Å². The van der Waals surface area contributed by atoms with E-state index in [4.69, 9.17) is 9.72 Å². The molecule has 5 aliphatic heterocycles. The molecule has 7 heterocycles. The third-order valence-corrected chi connectivity index (χ3v) is 17.1. The number of piperazine rings is 1. The molecule has 10 rings (SSSR count). The number of hydrogen-bond acceptors (Lipinski definition) is 14. The number of rotatable bonds is 12. The molecule has 0 spiro atoms. The highest BCUT2D eigenvalue weighted by molar-refractivity contribution is 9.10. The van der Waals surface area contributed by atoms with Gasteiger partial charge >= 0.3 is 0 Å². The van der Waals surface area contributed by atoms with E-state index in [1.54, 1.807) is 37.7 Å². The second kappa shape index (κ2) is 19.1. The number of aromatic nitrogens is 3. The number of aryl methyl sites for hydroxylation is 1. The van der Waals surface area contributed by atoms with E-state index in [0.717, 1.165) is 79.0 Å². The van der Waals surface area contributed by atoms with Crippen LogP contribution in [-0.4, -0.2) is 133 Å². The number of nitrogens with zero attached hydrogens (tertiary/aromatic N) is 8. The minimum Gasteiger partial charge on any atom is -0.494 e. The average Bonchev–Trinajstić information content (AvgIpc) is 3.55. The van der Waals surface area contributed by atoms with E-state index >= 15 is 0 Å². The zero-order chi connectivity index (χ0) is 49.9. The van der Waals surface area contributed by atoms with Crippen molar-refractivity contribution in [2.45, 2.75) is 70.4 Å². The number of amides is 4. The summed E-state index contributed by atoms with van der Waals surface area (Å²) in [6.07, 6.45) is 6.71. The van der Waals surface area contributed by atoms with Crippen LogP contribution in [0.15, 0.2) is 71.5 Å². The van der Waals surface area contributed by atoms with Crippen LogP contribution in [0.25, 0.3) is 10.9 Å². The number of para-hydroxylation sites is 1. The number of piperidine rings is 2. The second-order valence-electron chi connectivity index (χ2n) is 20.2. The summed E-state index contributed by atoms with van der Waals surface area (Å²) in [7, 11) is -1.06. The molecule has 3 N–H and O–H groups in total. The number of nitrogens with one attached hydrogen (secondary N) is 3. The van der Waals surface area contributed by atoms with Gasteiger partial charge in [-0.3, -0.25) is 39.3 Å². The third-order valence-electron chi connectivity index (χ3n) is 15.0. The second-order valence-corrected chi connectivity index (χ2v) is 24.2. The molecule has 1 atom stereocenters. The van der Waals surface area contributed by atoms with Crippen LogP contribution in [0.1, 0.15) is 57.6 Å². The van der Waals surface area contributed by atoms with Crippen LogP contribution in [0.4, 0.5) is 40.2 Å². The predicted octanol–water partition coefficient (Wildman–Crippen LogP) is 6.77. The van der Waals surface area contributed by atoms with Gasteiger partial charge in [0.1, 0.15) is 24.8 Å². The lowest BCUT2D eigenvalue weighted by atomic mass is 9.83. The topological polar surface area (TPSA) is 186 Å². The smallest absolute Gasteiger partial charge is 0.249 e. The molecule has 3 aromatic carbocycles. The summed E-state index contributed by atoms with van der Waals surface area (Å²) in [6.45, 7) is 15.5. The molecular weight excluding hydrogens is 986 g/mol. The maximum Gasteiger partial charge on any atom is 0.249 e. The van der Waals surface area contributed by atoms with Crippen LogP contribution >= 0.6 is 23.1 Å². The van der Waals surface area contributed by atoms with Crippen LogP contribution in [0, 0.1) is 5.92 Å². The van der Waals surface area contributed by atoms with Gasteiger partial charge < -0.3 is 34.6 Å². The molecule has 0 aliphatic carbocycles. The quantitative estimate of drug-likeness (QED) is 0.0878. The SMILES string of the molecule is CCc1cc(Nc2ncc(Br)c(Nc3cnc4ccccc4c3P(C)(C)=O)n2)c(OC)cc1N1CCC(N2CCN(C(=O)C3CN(c4cccc5c4C(C)(C)C(=O)N5C4CCC(=O)NC4=O)C3)CC2)CC1. The Balaban J connectivity index is 0.742. The Bertz CT molecular complexity index is 3000. The first-order chi connectivity index (χ1) is 34.0. The van der Waals surface area contributed by atoms with Gasteiger partial charge in [0, 0.05) is 105 Å². The lowest BCUT2D eigenvalue weighted by Crippen LogP contribution is -2.59. The monoisotopic (exact) mass is 1050 g/mol. The first kappa shape index (κ1) is 48.5. The summed E-state index contributed by atoms with van der Waals surface area (Å²) in [5.74, 6) is 0.697. The molecular formula is C52H61BrN11O6P. The van der Waals surface area contributed by atoms with Gasteiger partial charge in [0.2, 0.25) is 29.6 Å². The van der Waals surface area contributed by atoms with Gasteiger partial charge in [-0.1, -0.05) is 31.2 Å². The molecule has 4 saturated heterocycles. The lowest BCUT2D eigenvalue weighted by molar-refractivity contribution is -0.138. The van der Waals surface area contributed by atoms with E-state index in [-0.39, 0.29) is 30.1 Å². The molecule has 1 unspecified atom stereocenters. The van der Waals surface area contributed by atoms with Gasteiger partial charge in [-0.15, -0.1) is 0 Å². The Morgan fingerprint density at radius 1 is 0.873 bits per heavy atom. The zero-order valence-electron chi connectivity index (χ0n) is 41.1. The molecule has 4 fully saturated rings. The number of imide groups is 1. The summed E-state index contributed by atoms with van der Waals surface area (Å²) in [6, 6.07) is 17.4. The molecule has 71 heavy (non-hydrogen) atoms. The largest absolute Gasteiger partial charge is 0.494 e. The first-order valence-corrected chi connectivity index (χ1v) is 28.0. The fraction of sp³-hybridized carbons (Fsp3) is 0.442. The van der Waals surface area contributed by atoms with Crippen molar-refractivity contribution in [3.05, 3.63) is 82.6 Å². The number of fused-ring (bicyclic) bond motifs is 2. The molecule has 0 bridgehead atoms. The third kappa shape index (κ3) is 9.11. The van der Waals surface area contributed by atoms with Gasteiger partial charge in [0.05, 0.1) is 51.7 Å². The van der Waals surface area contributed by atoms with Crippen LogP contribution < -0.4 is 40.7 Å². The Labute approximate surface area is 422 Å². The summed E-state index contributed by atoms with van der Waals surface area (Å²) >= 11 is 3.60. The van der Waals surface area contributed by atoms with Crippen molar-refractivity contribution in [1.82, 2.24) is 30.1 Å². The molecule has 19 heteroatoms. The van der Waals surface area contributed by atoms with Gasteiger partial charge in [-0.25, -0.2) is 4.98 Å². The highest BCUT2D eigenvalue weighted by Crippen LogP contribution is 2.49. The molecule has 0 radical (unpaired) electrons. The van der Waals surface area contributed by atoms with Crippen LogP contribution in [-0.2, 0) is 35.6 Å². The van der Waals surface area contributed by atoms with E-state index in [1.165, 1.54) is 5.56 Å². The summed E-state index contributed by atoms with van der Waals surface area (Å²) in [5, 5.41) is 10.7. The van der Waals surface area contributed by atoms with Crippen molar-refractivity contribution in [3.63, 3.8) is 0 Å². The molecule has 5 aromatic rings. The number of methoxy groups -OCH3 is 1. The molecule has 0 saturated carbocycles. The van der Waals surface area contributed by atoms with E-state index in [0.29, 0.717) is 77.3 Å². The number of pyridine rings is 1. The minimum absolute atomic E-state index is 0.123. The minimum atomic E-state index is -2.73. The summed E-state index contributed by atoms with van der Waals surface area (Å²) in [4.78, 5) is 77.3.